The number of rotatable bonds is 6. The predicted octanol–water partition coefficient (Wildman–Crippen LogP) is 5.79. The van der Waals surface area contributed by atoms with E-state index in [1.165, 1.54) is 39.4 Å². The number of ether oxygens (including phenoxy) is 1. The van der Waals surface area contributed by atoms with Gasteiger partial charge in [0.2, 0.25) is 0 Å². The van der Waals surface area contributed by atoms with Gasteiger partial charge in [0.25, 0.3) is 0 Å². The Hall–Kier alpha value is -2.95. The minimum absolute atomic E-state index is 0.152. The van der Waals surface area contributed by atoms with E-state index in [1.807, 2.05) is 4.90 Å². The van der Waals surface area contributed by atoms with Crippen molar-refractivity contribution in [2.24, 2.45) is 11.8 Å². The zero-order valence-corrected chi connectivity index (χ0v) is 25.1. The Balaban J connectivity index is 0.884. The lowest BCUT2D eigenvalue weighted by atomic mass is 9.79. The van der Waals surface area contributed by atoms with E-state index in [0.29, 0.717) is 31.5 Å². The minimum Gasteiger partial charge on any atom is -0.449 e. The van der Waals surface area contributed by atoms with E-state index >= 15 is 0 Å². The number of aromatic nitrogens is 2. The first-order valence-corrected chi connectivity index (χ1v) is 16.6. The second kappa shape index (κ2) is 12.1. The number of hydrogen-bond donors (Lipinski definition) is 0. The first kappa shape index (κ1) is 26.9. The molecular weight excluding hydrogens is 553 g/mol. The van der Waals surface area contributed by atoms with E-state index in [9.17, 15) is 4.79 Å². The van der Waals surface area contributed by atoms with Gasteiger partial charge in [0.05, 0.1) is 16.0 Å². The number of benzene rings is 2. The fourth-order valence-corrected chi connectivity index (χ4v) is 8.38. The van der Waals surface area contributed by atoms with E-state index in [-0.39, 0.29) is 6.09 Å². The van der Waals surface area contributed by atoms with Gasteiger partial charge < -0.3 is 19.4 Å². The molecule has 0 spiro atoms. The quantitative estimate of drug-likeness (QED) is 0.282. The topological polar surface area (TPSA) is 65.0 Å². The van der Waals surface area contributed by atoms with Crippen LogP contribution in [0.5, 0.6) is 0 Å². The highest BCUT2D eigenvalue weighted by atomic mass is 32.1. The van der Waals surface area contributed by atoms with Gasteiger partial charge in [-0.15, -0.1) is 0 Å². The molecule has 7 rings (SSSR count). The maximum atomic E-state index is 13.0. The van der Waals surface area contributed by atoms with Crippen LogP contribution in [-0.2, 0) is 4.74 Å². The van der Waals surface area contributed by atoms with Crippen molar-refractivity contribution in [1.82, 2.24) is 18.5 Å². The number of carbonyl (C=O) groups excluding carboxylic acids is 1. The van der Waals surface area contributed by atoms with Gasteiger partial charge >= 0.3 is 6.09 Å². The molecule has 10 heteroatoms. The van der Waals surface area contributed by atoms with Crippen LogP contribution >= 0.6 is 23.1 Å². The van der Waals surface area contributed by atoms with Crippen molar-refractivity contribution < 1.29 is 9.53 Å². The number of piperazine rings is 2. The van der Waals surface area contributed by atoms with Crippen LogP contribution in [0.4, 0.5) is 16.4 Å². The van der Waals surface area contributed by atoms with Crippen molar-refractivity contribution in [1.29, 1.82) is 0 Å². The van der Waals surface area contributed by atoms with Gasteiger partial charge in [0, 0.05) is 69.7 Å². The molecule has 216 valence electrons. The van der Waals surface area contributed by atoms with Crippen LogP contribution in [0.1, 0.15) is 25.7 Å². The molecule has 2 aromatic heterocycles. The van der Waals surface area contributed by atoms with Crippen LogP contribution in [0.15, 0.2) is 48.5 Å². The zero-order valence-electron chi connectivity index (χ0n) is 23.5. The third-order valence-corrected chi connectivity index (χ3v) is 10.8. The number of nitrogens with zero attached hydrogens (tertiary/aromatic N) is 6. The summed E-state index contributed by atoms with van der Waals surface area (Å²) in [7, 11) is 0. The Morgan fingerprint density at radius 1 is 0.732 bits per heavy atom. The highest BCUT2D eigenvalue weighted by molar-refractivity contribution is 7.14. The highest BCUT2D eigenvalue weighted by Gasteiger charge is 2.31. The number of amides is 1. The van der Waals surface area contributed by atoms with Crippen LogP contribution < -0.4 is 9.80 Å². The third kappa shape index (κ3) is 5.74. The predicted molar refractivity (Wildman–Crippen MR) is 168 cm³/mol. The molecule has 0 radical (unpaired) electrons. The van der Waals surface area contributed by atoms with Crippen molar-refractivity contribution in [3.63, 3.8) is 0 Å². The summed E-state index contributed by atoms with van der Waals surface area (Å²) in [4.78, 5) is 22.3. The molecule has 0 unspecified atom stereocenters. The van der Waals surface area contributed by atoms with E-state index in [4.69, 9.17) is 13.5 Å². The van der Waals surface area contributed by atoms with Crippen LogP contribution in [0.3, 0.4) is 0 Å². The average molecular weight is 591 g/mol. The number of anilines is 2. The Labute approximate surface area is 249 Å². The molecule has 0 bridgehead atoms. The van der Waals surface area contributed by atoms with Gasteiger partial charge in [0.1, 0.15) is 11.6 Å². The molecule has 1 aliphatic carbocycles. The molecule has 2 aromatic carbocycles. The molecule has 0 N–H and O–H groups in total. The maximum absolute atomic E-state index is 13.0. The molecule has 3 aliphatic rings. The molecular formula is C31H38N6O2S2. The Morgan fingerprint density at radius 2 is 1.27 bits per heavy atom. The lowest BCUT2D eigenvalue weighted by molar-refractivity contribution is 0.0527. The minimum atomic E-state index is -0.152. The molecule has 41 heavy (non-hydrogen) atoms. The molecule has 1 amide bonds. The van der Waals surface area contributed by atoms with Crippen molar-refractivity contribution in [2.75, 3.05) is 75.3 Å². The smallest absolute Gasteiger partial charge is 0.409 e. The van der Waals surface area contributed by atoms with Crippen molar-refractivity contribution >= 4 is 61.0 Å². The number of fused-ring (bicyclic) bond motifs is 2. The number of hydrogen-bond acceptors (Lipinski definition) is 9. The monoisotopic (exact) mass is 590 g/mol. The summed E-state index contributed by atoms with van der Waals surface area (Å²) in [6.07, 6.45) is 4.77. The SMILES string of the molecule is O=C(OC[C@@H]1CCCC[C@H]1CN1CCN(c2nsc3ccccc23)CC1)N1CCN(c2nsc3ccccc23)CC1. The summed E-state index contributed by atoms with van der Waals surface area (Å²) in [6, 6.07) is 16.9. The fraction of sp³-hybridized carbons (Fsp3) is 0.516. The van der Waals surface area contributed by atoms with Crippen molar-refractivity contribution in [3.8, 4) is 0 Å². The van der Waals surface area contributed by atoms with Crippen molar-refractivity contribution in [3.05, 3.63) is 48.5 Å². The Bertz CT molecular complexity index is 1470. The molecule has 2 saturated heterocycles. The summed E-state index contributed by atoms with van der Waals surface area (Å²) in [5.74, 6) is 3.24. The summed E-state index contributed by atoms with van der Waals surface area (Å²) in [6.45, 7) is 8.75. The molecule has 2 aliphatic heterocycles. The first-order chi connectivity index (χ1) is 20.2. The summed E-state index contributed by atoms with van der Waals surface area (Å²) in [5, 5.41) is 2.48. The standard InChI is InChI=1S/C31H38N6O2S2/c38-31(37-19-17-36(18-20-37)30-26-10-4-6-12-28(26)41-33-30)39-22-24-8-2-1-7-23(24)21-34-13-15-35(16-14-34)29-25-9-3-5-11-27(25)40-32-29/h3-6,9-12,23-24H,1-2,7-8,13-22H2/t23-,24-/m0/s1. The van der Waals surface area contributed by atoms with Crippen LogP contribution in [-0.4, -0.2) is 90.1 Å². The number of carbonyl (C=O) groups is 1. The van der Waals surface area contributed by atoms with Crippen LogP contribution in [0.2, 0.25) is 0 Å². The normalized spacial score (nSPS) is 22.5. The van der Waals surface area contributed by atoms with Gasteiger partial charge in [-0.05, 0) is 72.0 Å². The van der Waals surface area contributed by atoms with E-state index in [1.54, 1.807) is 23.1 Å². The summed E-state index contributed by atoms with van der Waals surface area (Å²) >= 11 is 3.15. The average Bonchev–Trinajstić information content (AvgIpc) is 3.66. The largest absolute Gasteiger partial charge is 0.449 e. The van der Waals surface area contributed by atoms with Crippen LogP contribution in [0, 0.1) is 11.8 Å². The molecule has 4 aromatic rings. The highest BCUT2D eigenvalue weighted by Crippen LogP contribution is 2.34. The fourth-order valence-electron chi connectivity index (χ4n) is 6.79. The lowest BCUT2D eigenvalue weighted by Crippen LogP contribution is -2.50. The second-order valence-electron chi connectivity index (χ2n) is 11.6. The Kier molecular flexibility index (Phi) is 7.95. The van der Waals surface area contributed by atoms with Gasteiger partial charge in [0.15, 0.2) is 0 Å². The lowest BCUT2D eigenvalue weighted by Gasteiger charge is -2.40. The van der Waals surface area contributed by atoms with E-state index in [2.05, 4.69) is 63.2 Å². The van der Waals surface area contributed by atoms with Gasteiger partial charge in [-0.1, -0.05) is 37.1 Å². The molecule has 8 nitrogen and oxygen atoms in total. The van der Waals surface area contributed by atoms with Gasteiger partial charge in [-0.25, -0.2) is 4.79 Å². The van der Waals surface area contributed by atoms with E-state index < -0.39 is 0 Å². The Morgan fingerprint density at radius 3 is 1.88 bits per heavy atom. The van der Waals surface area contributed by atoms with E-state index in [0.717, 1.165) is 63.9 Å². The molecule has 2 atom stereocenters. The third-order valence-electron chi connectivity index (χ3n) is 9.21. The van der Waals surface area contributed by atoms with Crippen molar-refractivity contribution in [2.45, 2.75) is 25.7 Å². The van der Waals surface area contributed by atoms with Crippen LogP contribution in [0.25, 0.3) is 20.2 Å². The molecule has 3 fully saturated rings. The molecule has 4 heterocycles. The zero-order chi connectivity index (χ0) is 27.6. The first-order valence-electron chi connectivity index (χ1n) is 15.1. The molecule has 1 saturated carbocycles. The van der Waals surface area contributed by atoms with Gasteiger partial charge in [-0.3, -0.25) is 4.90 Å². The second-order valence-corrected chi connectivity index (χ2v) is 13.3. The summed E-state index contributed by atoms with van der Waals surface area (Å²) in [5.41, 5.74) is 0. The summed E-state index contributed by atoms with van der Waals surface area (Å²) < 4.78 is 17.9. The maximum Gasteiger partial charge on any atom is 0.409 e. The van der Waals surface area contributed by atoms with Gasteiger partial charge in [-0.2, -0.15) is 8.75 Å².